The van der Waals surface area contributed by atoms with Gasteiger partial charge in [0.2, 0.25) is 11.8 Å². The van der Waals surface area contributed by atoms with E-state index in [1.807, 2.05) is 19.2 Å². The van der Waals surface area contributed by atoms with E-state index in [1.54, 1.807) is 17.2 Å². The number of nitrogens with zero attached hydrogens (tertiary/aromatic N) is 5. The molecule has 1 saturated carbocycles. The summed E-state index contributed by atoms with van der Waals surface area (Å²) in [7, 11) is 1.81. The highest BCUT2D eigenvalue weighted by molar-refractivity contribution is 6.03. The fourth-order valence-corrected chi connectivity index (χ4v) is 4.40. The molecule has 0 bridgehead atoms. The monoisotopic (exact) mass is 416 g/mol. The molecule has 2 amide bonds. The molecule has 8 heteroatoms. The third-order valence-corrected chi connectivity index (χ3v) is 6.29. The molecule has 1 aromatic carbocycles. The van der Waals surface area contributed by atoms with Crippen LogP contribution < -0.4 is 5.32 Å². The second kappa shape index (κ2) is 7.65. The lowest BCUT2D eigenvalue weighted by atomic mass is 10.0. The van der Waals surface area contributed by atoms with Crippen molar-refractivity contribution in [3.63, 3.8) is 0 Å². The van der Waals surface area contributed by atoms with Crippen LogP contribution in [0.2, 0.25) is 0 Å². The van der Waals surface area contributed by atoms with Crippen molar-refractivity contribution >= 4 is 33.8 Å². The summed E-state index contributed by atoms with van der Waals surface area (Å²) < 4.78 is 2.11. The number of benzene rings is 1. The van der Waals surface area contributed by atoms with E-state index in [1.165, 1.54) is 12.8 Å². The Kier molecular flexibility index (Phi) is 4.81. The first-order valence-corrected chi connectivity index (χ1v) is 10.7. The Balaban J connectivity index is 1.62. The van der Waals surface area contributed by atoms with Crippen molar-refractivity contribution in [1.29, 1.82) is 5.26 Å². The van der Waals surface area contributed by atoms with Gasteiger partial charge in [0.25, 0.3) is 0 Å². The molecule has 0 unspecified atom stereocenters. The largest absolute Gasteiger partial charge is 0.355 e. The third-order valence-electron chi connectivity index (χ3n) is 6.29. The summed E-state index contributed by atoms with van der Waals surface area (Å²) in [6.45, 7) is 1.28. The Hall–Kier alpha value is -3.47. The van der Waals surface area contributed by atoms with E-state index in [-0.39, 0.29) is 24.3 Å². The maximum absolute atomic E-state index is 12.6. The number of nitrogens with one attached hydrogen (secondary N) is 1. The maximum atomic E-state index is 12.6. The SMILES string of the molecule is CN1C[C@@H](n2c(CC(=O)NCC3CC3)nc3cnc4ccc(C#N)cc4c32)CCC1=O. The number of imidazole rings is 1. The maximum Gasteiger partial charge on any atom is 0.227 e. The standard InChI is InChI=1S/C23H24N6O2/c1-28-13-16(5-7-22(28)31)29-20(9-21(30)26-11-14-2-3-14)27-19-12-25-18-6-4-15(10-24)8-17(18)23(19)29/h4,6,8,12,14,16H,2-3,5,7,9,11,13H2,1H3,(H,26,30)/t16-/m0/s1. The molecular formula is C23H24N6O2. The number of piperidine rings is 1. The van der Waals surface area contributed by atoms with Gasteiger partial charge in [0, 0.05) is 31.9 Å². The number of carbonyl (C=O) groups is 2. The van der Waals surface area contributed by atoms with Gasteiger partial charge in [0.05, 0.1) is 41.3 Å². The van der Waals surface area contributed by atoms with E-state index in [9.17, 15) is 14.9 Å². The van der Waals surface area contributed by atoms with E-state index < -0.39 is 0 Å². The summed E-state index contributed by atoms with van der Waals surface area (Å²) in [5, 5.41) is 13.3. The molecule has 31 heavy (non-hydrogen) atoms. The summed E-state index contributed by atoms with van der Waals surface area (Å²) in [6.07, 6.45) is 5.41. The number of likely N-dealkylation sites (N-methyl/N-ethyl adjacent to an activating group) is 1. The minimum Gasteiger partial charge on any atom is -0.355 e. The van der Waals surface area contributed by atoms with Crippen LogP contribution in [0.25, 0.3) is 21.9 Å². The van der Waals surface area contributed by atoms with Crippen molar-refractivity contribution in [2.45, 2.75) is 38.1 Å². The number of hydrogen-bond acceptors (Lipinski definition) is 5. The quantitative estimate of drug-likeness (QED) is 0.687. The van der Waals surface area contributed by atoms with Gasteiger partial charge in [-0.2, -0.15) is 5.26 Å². The number of nitriles is 1. The number of fused-ring (bicyclic) bond motifs is 3. The van der Waals surface area contributed by atoms with Gasteiger partial charge in [-0.3, -0.25) is 14.6 Å². The molecule has 5 rings (SSSR count). The minimum absolute atomic E-state index is 0.00951. The van der Waals surface area contributed by atoms with Crippen LogP contribution in [0.1, 0.15) is 43.1 Å². The molecule has 158 valence electrons. The Labute approximate surface area is 179 Å². The first-order chi connectivity index (χ1) is 15.0. The number of rotatable bonds is 5. The van der Waals surface area contributed by atoms with Crippen molar-refractivity contribution in [2.75, 3.05) is 20.1 Å². The van der Waals surface area contributed by atoms with Crippen molar-refractivity contribution in [1.82, 2.24) is 24.8 Å². The minimum atomic E-state index is -0.0429. The lowest BCUT2D eigenvalue weighted by molar-refractivity contribution is -0.133. The van der Waals surface area contributed by atoms with E-state index in [4.69, 9.17) is 4.98 Å². The molecule has 1 N–H and O–H groups in total. The van der Waals surface area contributed by atoms with Gasteiger partial charge in [-0.25, -0.2) is 4.98 Å². The van der Waals surface area contributed by atoms with Gasteiger partial charge in [0.15, 0.2) is 0 Å². The first-order valence-electron chi connectivity index (χ1n) is 10.7. The fourth-order valence-electron chi connectivity index (χ4n) is 4.40. The van der Waals surface area contributed by atoms with E-state index >= 15 is 0 Å². The zero-order valence-corrected chi connectivity index (χ0v) is 17.5. The molecule has 1 aliphatic heterocycles. The first kappa shape index (κ1) is 19.5. The zero-order valence-electron chi connectivity index (χ0n) is 17.5. The van der Waals surface area contributed by atoms with Gasteiger partial charge < -0.3 is 14.8 Å². The molecule has 3 heterocycles. The van der Waals surface area contributed by atoms with Crippen LogP contribution in [0.4, 0.5) is 0 Å². The van der Waals surface area contributed by atoms with Crippen LogP contribution in [0.5, 0.6) is 0 Å². The van der Waals surface area contributed by atoms with Crippen LogP contribution >= 0.6 is 0 Å². The number of aromatic nitrogens is 3. The van der Waals surface area contributed by atoms with E-state index in [0.717, 1.165) is 23.0 Å². The van der Waals surface area contributed by atoms with Crippen molar-refractivity contribution in [3.05, 3.63) is 35.8 Å². The summed E-state index contributed by atoms with van der Waals surface area (Å²) in [6, 6.07) is 7.62. The van der Waals surface area contributed by atoms with Crippen molar-refractivity contribution in [2.24, 2.45) is 5.92 Å². The fraction of sp³-hybridized carbons (Fsp3) is 0.435. The molecule has 1 aliphatic carbocycles. The molecule has 1 saturated heterocycles. The Bertz CT molecular complexity index is 1240. The summed E-state index contributed by atoms with van der Waals surface area (Å²) in [5.74, 6) is 1.37. The molecule has 3 aromatic rings. The van der Waals surface area contributed by atoms with E-state index in [0.29, 0.717) is 42.2 Å². The van der Waals surface area contributed by atoms with Gasteiger partial charge in [0.1, 0.15) is 11.3 Å². The molecule has 2 aromatic heterocycles. The van der Waals surface area contributed by atoms with Crippen molar-refractivity contribution in [3.8, 4) is 6.07 Å². The predicted molar refractivity (Wildman–Crippen MR) is 115 cm³/mol. The summed E-state index contributed by atoms with van der Waals surface area (Å²) >= 11 is 0. The third kappa shape index (κ3) is 3.72. The molecule has 2 aliphatic rings. The van der Waals surface area contributed by atoms with Crippen molar-refractivity contribution < 1.29 is 9.59 Å². The predicted octanol–water partition coefficient (Wildman–Crippen LogP) is 2.32. The van der Waals surface area contributed by atoms with Crippen LogP contribution in [-0.2, 0) is 16.0 Å². The lowest BCUT2D eigenvalue weighted by Gasteiger charge is -2.32. The molecule has 1 atom stereocenters. The highest BCUT2D eigenvalue weighted by atomic mass is 16.2. The van der Waals surface area contributed by atoms with Crippen LogP contribution in [-0.4, -0.2) is 51.4 Å². The second-order valence-corrected chi connectivity index (χ2v) is 8.62. The summed E-state index contributed by atoms with van der Waals surface area (Å²) in [4.78, 5) is 35.7. The second-order valence-electron chi connectivity index (χ2n) is 8.62. The van der Waals surface area contributed by atoms with Crippen LogP contribution in [0, 0.1) is 17.2 Å². The lowest BCUT2D eigenvalue weighted by Crippen LogP contribution is -2.38. The average molecular weight is 416 g/mol. The van der Waals surface area contributed by atoms with Gasteiger partial charge in [-0.15, -0.1) is 0 Å². The number of amides is 2. The normalized spacial score (nSPS) is 19.0. The molecule has 0 spiro atoms. The molecule has 2 fully saturated rings. The highest BCUT2D eigenvalue weighted by Crippen LogP contribution is 2.32. The Morgan fingerprint density at radius 1 is 1.29 bits per heavy atom. The summed E-state index contributed by atoms with van der Waals surface area (Å²) in [5.41, 5.74) is 2.90. The topological polar surface area (TPSA) is 104 Å². The number of hydrogen-bond donors (Lipinski definition) is 1. The number of likely N-dealkylation sites (tertiary alicyclic amines) is 1. The molecular weight excluding hydrogens is 392 g/mol. The molecule has 8 nitrogen and oxygen atoms in total. The molecule has 0 radical (unpaired) electrons. The van der Waals surface area contributed by atoms with Gasteiger partial charge >= 0.3 is 0 Å². The zero-order chi connectivity index (χ0) is 21.5. The average Bonchev–Trinajstić information content (AvgIpc) is 3.53. The van der Waals surface area contributed by atoms with E-state index in [2.05, 4.69) is 20.9 Å². The smallest absolute Gasteiger partial charge is 0.227 e. The Morgan fingerprint density at radius 2 is 2.13 bits per heavy atom. The van der Waals surface area contributed by atoms with Gasteiger partial charge in [-0.1, -0.05) is 0 Å². The van der Waals surface area contributed by atoms with Gasteiger partial charge in [-0.05, 0) is 43.4 Å². The van der Waals surface area contributed by atoms with Crippen LogP contribution in [0.15, 0.2) is 24.4 Å². The Morgan fingerprint density at radius 3 is 2.87 bits per heavy atom. The highest BCUT2D eigenvalue weighted by Gasteiger charge is 2.29. The van der Waals surface area contributed by atoms with Crippen LogP contribution in [0.3, 0.4) is 0 Å². The number of pyridine rings is 1. The number of carbonyl (C=O) groups excluding carboxylic acids is 2.